The van der Waals surface area contributed by atoms with E-state index in [1.807, 2.05) is 18.5 Å². The third-order valence-corrected chi connectivity index (χ3v) is 1.21. The predicted molar refractivity (Wildman–Crippen MR) is 29.7 cm³/mol. The van der Waals surface area contributed by atoms with Crippen molar-refractivity contribution in [1.82, 2.24) is 10.4 Å². The van der Waals surface area contributed by atoms with E-state index in [4.69, 9.17) is 11.6 Å². The number of rotatable bonds is 0. The second kappa shape index (κ2) is 1.99. The van der Waals surface area contributed by atoms with Crippen LogP contribution in [0.15, 0.2) is 0 Å². The molecule has 1 atom stereocenters. The van der Waals surface area contributed by atoms with Gasteiger partial charge in [0.1, 0.15) is 0 Å². The Bertz CT molecular complexity index is 58.7. The number of nitrogens with one attached hydrogen (secondary N) is 1. The molecule has 1 heterocycles. The summed E-state index contributed by atoms with van der Waals surface area (Å²) in [4.78, 5) is 0. The maximum Gasteiger partial charge on any atom is 0.0998 e. The van der Waals surface area contributed by atoms with Gasteiger partial charge in [-0.2, -0.15) is 0 Å². The molecule has 1 radical (unpaired) electrons. The molecular weight excluding hydrogens is 112 g/mol. The molecule has 0 aromatic heterocycles. The molecule has 1 aliphatic heterocycles. The van der Waals surface area contributed by atoms with E-state index in [0.29, 0.717) is 0 Å². The van der Waals surface area contributed by atoms with Crippen molar-refractivity contribution < 1.29 is 0 Å². The van der Waals surface area contributed by atoms with Gasteiger partial charge >= 0.3 is 0 Å². The number of nitrogens with zero attached hydrogens (tertiary/aromatic N) is 1. The van der Waals surface area contributed by atoms with Crippen molar-refractivity contribution in [1.29, 1.82) is 0 Å². The summed E-state index contributed by atoms with van der Waals surface area (Å²) in [5, 5.41) is 1.94. The van der Waals surface area contributed by atoms with Crippen molar-refractivity contribution in [3.63, 3.8) is 0 Å². The molecule has 0 amide bonds. The highest BCUT2D eigenvalue weighted by Crippen LogP contribution is 2.03. The van der Waals surface area contributed by atoms with Crippen LogP contribution >= 0.6 is 11.6 Å². The predicted octanol–water partition coefficient (Wildman–Crippen LogP) is 0.206. The van der Waals surface area contributed by atoms with Gasteiger partial charge in [-0.15, -0.1) is 11.6 Å². The molecule has 1 aliphatic rings. The topological polar surface area (TPSA) is 15.3 Å². The van der Waals surface area contributed by atoms with Crippen molar-refractivity contribution in [3.8, 4) is 0 Å². The zero-order valence-electron chi connectivity index (χ0n) is 4.19. The fourth-order valence-electron chi connectivity index (χ4n) is 0.567. The van der Waals surface area contributed by atoms with Crippen LogP contribution in [0.4, 0.5) is 0 Å². The molecule has 0 spiro atoms. The summed E-state index contributed by atoms with van der Waals surface area (Å²) in [6, 6.07) is 0. The second-order valence-corrected chi connectivity index (χ2v) is 2.12. The molecule has 2 nitrogen and oxygen atoms in total. The van der Waals surface area contributed by atoms with Crippen LogP contribution in [0.25, 0.3) is 0 Å². The van der Waals surface area contributed by atoms with Crippen LogP contribution in [0, 0.1) is 6.42 Å². The highest BCUT2D eigenvalue weighted by atomic mass is 35.5. The molecule has 1 saturated heterocycles. The minimum Gasteiger partial charge on any atom is -0.246 e. The van der Waals surface area contributed by atoms with Gasteiger partial charge in [-0.1, -0.05) is 0 Å². The monoisotopic (exact) mass is 119 g/mol. The molecule has 0 bridgehead atoms. The largest absolute Gasteiger partial charge is 0.246 e. The lowest BCUT2D eigenvalue weighted by Gasteiger charge is -2.05. The van der Waals surface area contributed by atoms with Crippen molar-refractivity contribution >= 4 is 11.6 Å². The molecule has 0 aromatic carbocycles. The van der Waals surface area contributed by atoms with E-state index in [9.17, 15) is 0 Å². The minimum atomic E-state index is 0.0463. The number of hydrazine groups is 1. The van der Waals surface area contributed by atoms with E-state index in [2.05, 4.69) is 5.43 Å². The number of halogens is 1. The van der Waals surface area contributed by atoms with E-state index >= 15 is 0 Å². The molecule has 3 heteroatoms. The van der Waals surface area contributed by atoms with E-state index < -0.39 is 0 Å². The Balaban J connectivity index is 2.26. The molecule has 1 rings (SSSR count). The van der Waals surface area contributed by atoms with Crippen molar-refractivity contribution in [2.45, 2.75) is 5.50 Å². The van der Waals surface area contributed by atoms with Gasteiger partial charge in [0.15, 0.2) is 0 Å². The SMILES string of the molecule is CN1C[CH]C(Cl)N1. The zero-order valence-corrected chi connectivity index (χ0v) is 4.94. The number of hydrogen-bond donors (Lipinski definition) is 1. The fourth-order valence-corrected chi connectivity index (χ4v) is 0.813. The van der Waals surface area contributed by atoms with Crippen molar-refractivity contribution in [2.24, 2.45) is 0 Å². The summed E-state index contributed by atoms with van der Waals surface area (Å²) in [6.07, 6.45) is 2.00. The summed E-state index contributed by atoms with van der Waals surface area (Å²) >= 11 is 5.60. The first-order valence-electron chi connectivity index (χ1n) is 2.24. The van der Waals surface area contributed by atoms with Crippen LogP contribution < -0.4 is 5.43 Å². The Morgan fingerprint density at radius 3 is 2.86 bits per heavy atom. The van der Waals surface area contributed by atoms with Gasteiger partial charge in [0.05, 0.1) is 5.50 Å². The third-order valence-electron chi connectivity index (χ3n) is 0.930. The average Bonchev–Trinajstić information content (AvgIpc) is 1.87. The first-order chi connectivity index (χ1) is 3.29. The standard InChI is InChI=1S/C4H8ClN2/c1-7-3-2-4(5)6-7/h2,4,6H,3H2,1H3. The molecule has 1 N–H and O–H groups in total. The van der Waals surface area contributed by atoms with Crippen LogP contribution in [-0.2, 0) is 0 Å². The first kappa shape index (κ1) is 5.35. The molecule has 0 aliphatic carbocycles. The van der Waals surface area contributed by atoms with E-state index in [1.165, 1.54) is 0 Å². The summed E-state index contributed by atoms with van der Waals surface area (Å²) in [6.45, 7) is 0.939. The van der Waals surface area contributed by atoms with E-state index in [0.717, 1.165) is 6.54 Å². The zero-order chi connectivity index (χ0) is 5.28. The quantitative estimate of drug-likeness (QED) is 0.362. The molecule has 0 saturated carbocycles. The highest BCUT2D eigenvalue weighted by Gasteiger charge is 2.14. The van der Waals surface area contributed by atoms with Crippen LogP contribution in [0.3, 0.4) is 0 Å². The summed E-state index contributed by atoms with van der Waals surface area (Å²) in [7, 11) is 1.96. The lowest BCUT2D eigenvalue weighted by Crippen LogP contribution is -2.28. The normalized spacial score (nSPS) is 34.3. The lowest BCUT2D eigenvalue weighted by molar-refractivity contribution is 0.311. The van der Waals surface area contributed by atoms with Crippen LogP contribution in [0.5, 0.6) is 0 Å². The van der Waals surface area contributed by atoms with Crippen LogP contribution in [0.2, 0.25) is 0 Å². The Kier molecular flexibility index (Phi) is 1.52. The Morgan fingerprint density at radius 2 is 2.71 bits per heavy atom. The van der Waals surface area contributed by atoms with Gasteiger partial charge in [-0.25, -0.2) is 10.4 Å². The maximum atomic E-state index is 5.60. The minimum absolute atomic E-state index is 0.0463. The molecule has 1 unspecified atom stereocenters. The van der Waals surface area contributed by atoms with Gasteiger partial charge < -0.3 is 0 Å². The Morgan fingerprint density at radius 1 is 2.00 bits per heavy atom. The van der Waals surface area contributed by atoms with Gasteiger partial charge in [0.25, 0.3) is 0 Å². The van der Waals surface area contributed by atoms with Crippen LogP contribution in [-0.4, -0.2) is 24.1 Å². The lowest BCUT2D eigenvalue weighted by atomic mass is 10.5. The summed E-state index contributed by atoms with van der Waals surface area (Å²) in [5.41, 5.74) is 3.01. The molecular formula is C4H8ClN2. The smallest absolute Gasteiger partial charge is 0.0998 e. The van der Waals surface area contributed by atoms with E-state index in [-0.39, 0.29) is 5.50 Å². The number of alkyl halides is 1. The van der Waals surface area contributed by atoms with Gasteiger partial charge in [-0.3, -0.25) is 0 Å². The molecule has 41 valence electrons. The maximum absolute atomic E-state index is 5.60. The van der Waals surface area contributed by atoms with Crippen LogP contribution in [0.1, 0.15) is 0 Å². The molecule has 7 heavy (non-hydrogen) atoms. The summed E-state index contributed by atoms with van der Waals surface area (Å²) < 4.78 is 0. The summed E-state index contributed by atoms with van der Waals surface area (Å²) in [5.74, 6) is 0. The first-order valence-corrected chi connectivity index (χ1v) is 2.67. The number of hydrogen-bond acceptors (Lipinski definition) is 2. The molecule has 1 fully saturated rings. The Labute approximate surface area is 48.4 Å². The average molecular weight is 120 g/mol. The third kappa shape index (κ3) is 1.30. The van der Waals surface area contributed by atoms with Gasteiger partial charge in [0.2, 0.25) is 0 Å². The highest BCUT2D eigenvalue weighted by molar-refractivity contribution is 6.21. The second-order valence-electron chi connectivity index (χ2n) is 1.65. The van der Waals surface area contributed by atoms with E-state index in [1.54, 1.807) is 0 Å². The van der Waals surface area contributed by atoms with Gasteiger partial charge in [0, 0.05) is 20.0 Å². The van der Waals surface area contributed by atoms with Crippen molar-refractivity contribution in [2.75, 3.05) is 13.6 Å². The van der Waals surface area contributed by atoms with Gasteiger partial charge in [-0.05, 0) is 0 Å². The Hall–Kier alpha value is 0.210. The van der Waals surface area contributed by atoms with Crippen molar-refractivity contribution in [3.05, 3.63) is 6.42 Å². The molecule has 0 aromatic rings. The fraction of sp³-hybridized carbons (Fsp3) is 0.750.